The Balaban J connectivity index is 1.55. The summed E-state index contributed by atoms with van der Waals surface area (Å²) in [7, 11) is 0. The normalized spacial score (nSPS) is 14.6. The fraction of sp³-hybridized carbons (Fsp3) is 0.219. The number of carbonyl (C=O) groups excluding carboxylic acids is 1. The summed E-state index contributed by atoms with van der Waals surface area (Å²) < 4.78 is 14.3. The molecular weight excluding hydrogens is 568 g/mol. The highest BCUT2D eigenvalue weighted by Gasteiger charge is 2.39. The molecule has 0 radical (unpaired) electrons. The Morgan fingerprint density at radius 3 is 2.40 bits per heavy atom. The van der Waals surface area contributed by atoms with Gasteiger partial charge in [0.1, 0.15) is 17.1 Å². The molecule has 0 atom stereocenters. The zero-order chi connectivity index (χ0) is 28.0. The Morgan fingerprint density at radius 2 is 1.70 bits per heavy atom. The summed E-state index contributed by atoms with van der Waals surface area (Å²) in [5.41, 5.74) is 6.31. The summed E-state index contributed by atoms with van der Waals surface area (Å²) >= 11 is 3.48. The first-order chi connectivity index (χ1) is 19.2. The molecule has 40 heavy (non-hydrogen) atoms. The van der Waals surface area contributed by atoms with Crippen molar-refractivity contribution in [3.63, 3.8) is 0 Å². The Labute approximate surface area is 241 Å². The number of benzene rings is 2. The summed E-state index contributed by atoms with van der Waals surface area (Å²) in [6.45, 7) is 8.02. The van der Waals surface area contributed by atoms with Gasteiger partial charge < -0.3 is 14.4 Å². The third-order valence-corrected chi connectivity index (χ3v) is 7.69. The lowest BCUT2D eigenvalue weighted by atomic mass is 9.76. The number of aromatic nitrogens is 3. The van der Waals surface area contributed by atoms with Gasteiger partial charge in [-0.2, -0.15) is 0 Å². The van der Waals surface area contributed by atoms with E-state index in [1.165, 1.54) is 0 Å². The van der Waals surface area contributed by atoms with Gasteiger partial charge in [0.05, 0.1) is 16.9 Å². The molecule has 0 fully saturated rings. The van der Waals surface area contributed by atoms with E-state index in [0.717, 1.165) is 27.0 Å². The van der Waals surface area contributed by atoms with Crippen molar-refractivity contribution in [3.8, 4) is 17.1 Å². The van der Waals surface area contributed by atoms with E-state index in [1.807, 2.05) is 86.7 Å². The molecule has 0 spiro atoms. The lowest BCUT2D eigenvalue weighted by Crippen LogP contribution is -2.28. The fourth-order valence-corrected chi connectivity index (χ4v) is 5.62. The third kappa shape index (κ3) is 4.84. The predicted molar refractivity (Wildman–Crippen MR) is 160 cm³/mol. The molecule has 8 heteroatoms. The molecule has 5 aromatic rings. The van der Waals surface area contributed by atoms with Gasteiger partial charge in [-0.05, 0) is 49.5 Å². The highest BCUT2D eigenvalue weighted by molar-refractivity contribution is 9.10. The molecule has 6 rings (SSSR count). The van der Waals surface area contributed by atoms with Crippen molar-refractivity contribution in [2.45, 2.75) is 40.5 Å². The smallest absolute Gasteiger partial charge is 0.183 e. The largest absolute Gasteiger partial charge is 0.360 e. The summed E-state index contributed by atoms with van der Waals surface area (Å²) in [5, 5.41) is 12.2. The average Bonchev–Trinajstić information content (AvgIpc) is 3.59. The molecule has 0 amide bonds. The molecule has 3 aromatic heterocycles. The van der Waals surface area contributed by atoms with Crippen LogP contribution in [0.5, 0.6) is 0 Å². The van der Waals surface area contributed by atoms with E-state index in [0.29, 0.717) is 52.8 Å². The predicted octanol–water partition coefficient (Wildman–Crippen LogP) is 8.57. The van der Waals surface area contributed by atoms with Crippen molar-refractivity contribution in [3.05, 3.63) is 99.2 Å². The number of nitrogens with one attached hydrogen (secondary N) is 1. The molecule has 3 heterocycles. The second-order valence-electron chi connectivity index (χ2n) is 11.0. The van der Waals surface area contributed by atoms with E-state index in [2.05, 4.69) is 50.0 Å². The number of fused-ring (bicyclic) bond motifs is 1. The van der Waals surface area contributed by atoms with Crippen molar-refractivity contribution in [2.24, 2.45) is 5.41 Å². The van der Waals surface area contributed by atoms with Crippen LogP contribution in [0.2, 0.25) is 0 Å². The molecule has 2 aromatic carbocycles. The topological polar surface area (TPSA) is 86.1 Å². The number of nitrogens with zero attached hydrogens (tertiary/aromatic N) is 3. The number of halogens is 1. The van der Waals surface area contributed by atoms with E-state index in [-0.39, 0.29) is 11.2 Å². The van der Waals surface area contributed by atoms with Crippen molar-refractivity contribution in [1.29, 1.82) is 0 Å². The molecule has 1 aliphatic carbocycles. The molecule has 0 saturated carbocycles. The van der Waals surface area contributed by atoms with Gasteiger partial charge in [0.2, 0.25) is 0 Å². The quantitative estimate of drug-likeness (QED) is 0.211. The highest BCUT2D eigenvalue weighted by atomic mass is 79.9. The van der Waals surface area contributed by atoms with E-state index in [4.69, 9.17) is 9.05 Å². The molecule has 0 bridgehead atoms. The first kappa shape index (κ1) is 26.1. The molecule has 1 aliphatic rings. The Morgan fingerprint density at radius 1 is 0.950 bits per heavy atom. The molecule has 7 nitrogen and oxygen atoms in total. The van der Waals surface area contributed by atoms with Gasteiger partial charge >= 0.3 is 0 Å². The van der Waals surface area contributed by atoms with E-state index >= 15 is 0 Å². The fourth-order valence-electron chi connectivity index (χ4n) is 5.35. The summed E-state index contributed by atoms with van der Waals surface area (Å²) in [6, 6.07) is 20.0. The zero-order valence-electron chi connectivity index (χ0n) is 22.8. The van der Waals surface area contributed by atoms with Crippen LogP contribution in [-0.4, -0.2) is 20.7 Å². The number of aryl methyl sites for hydroxylation is 2. The van der Waals surface area contributed by atoms with Crippen molar-refractivity contribution >= 4 is 45.2 Å². The second-order valence-corrected chi connectivity index (χ2v) is 11.9. The zero-order valence-corrected chi connectivity index (χ0v) is 24.4. The average molecular weight is 598 g/mol. The lowest BCUT2D eigenvalue weighted by Gasteiger charge is -2.29. The Hall–Kier alpha value is -4.17. The second kappa shape index (κ2) is 10.1. The van der Waals surface area contributed by atoms with Gasteiger partial charge in [0.15, 0.2) is 17.4 Å². The summed E-state index contributed by atoms with van der Waals surface area (Å²) in [6.07, 6.45) is 5.02. The minimum atomic E-state index is -0.199. The van der Waals surface area contributed by atoms with Gasteiger partial charge in [0, 0.05) is 28.2 Å². The van der Waals surface area contributed by atoms with E-state index in [1.54, 1.807) is 0 Å². The maximum atomic E-state index is 13.8. The maximum Gasteiger partial charge on any atom is 0.183 e. The molecule has 0 unspecified atom stereocenters. The van der Waals surface area contributed by atoms with Gasteiger partial charge in [-0.25, -0.2) is 0 Å². The minimum absolute atomic E-state index is 0.0889. The molecule has 202 valence electrons. The molecule has 0 saturated heterocycles. The van der Waals surface area contributed by atoms with E-state index in [9.17, 15) is 4.79 Å². The van der Waals surface area contributed by atoms with Crippen LogP contribution in [0.15, 0.2) is 74.2 Å². The minimum Gasteiger partial charge on any atom is -0.360 e. The number of ketones is 1. The van der Waals surface area contributed by atoms with Crippen LogP contribution in [0.25, 0.3) is 29.2 Å². The highest BCUT2D eigenvalue weighted by Crippen LogP contribution is 2.47. The van der Waals surface area contributed by atoms with Crippen LogP contribution in [0.4, 0.5) is 11.4 Å². The van der Waals surface area contributed by atoms with Crippen LogP contribution in [-0.2, 0) is 6.42 Å². The van der Waals surface area contributed by atoms with Crippen molar-refractivity contribution < 1.29 is 13.8 Å². The third-order valence-electron chi connectivity index (χ3n) is 7.16. The number of rotatable bonds is 6. The van der Waals surface area contributed by atoms with E-state index < -0.39 is 0 Å². The number of hydrogen-bond acceptors (Lipinski definition) is 6. The van der Waals surface area contributed by atoms with Crippen LogP contribution in [0.3, 0.4) is 0 Å². The standard InChI is InChI=1S/C32H29BrN4O3/c1-19-16-27(36-39-19)37-24-17-32(3,4)18-25(38)28(24)30(31(37)22-8-6-5-7-9-22)34-29-20(2)35-40-26(29)15-12-21-10-13-23(33)14-11-21/h5-16,34H,17-18H2,1-4H3/b15-12+. The van der Waals surface area contributed by atoms with Crippen LogP contribution in [0, 0.1) is 19.3 Å². The number of anilines is 2. The maximum absolute atomic E-state index is 13.8. The Bertz CT molecular complexity index is 1740. The van der Waals surface area contributed by atoms with Crippen LogP contribution in [0.1, 0.15) is 59.1 Å². The molecule has 0 aliphatic heterocycles. The SMILES string of the molecule is Cc1cc(-n2c3c(c(Nc4c(C)noc4/C=C/c4ccc(Br)cc4)c2-c2ccccc2)C(=O)CC(C)(C)C3)no1. The molecular formula is C32H29BrN4O3. The number of carbonyl (C=O) groups is 1. The first-order valence-electron chi connectivity index (χ1n) is 13.2. The van der Waals surface area contributed by atoms with Gasteiger partial charge in [-0.15, -0.1) is 0 Å². The summed E-state index contributed by atoms with van der Waals surface area (Å²) in [4.78, 5) is 13.8. The van der Waals surface area contributed by atoms with Crippen LogP contribution < -0.4 is 5.32 Å². The molecule has 1 N–H and O–H groups in total. The van der Waals surface area contributed by atoms with Crippen LogP contribution >= 0.6 is 15.9 Å². The van der Waals surface area contributed by atoms with Gasteiger partial charge in [0.25, 0.3) is 0 Å². The van der Waals surface area contributed by atoms with Crippen molar-refractivity contribution in [1.82, 2.24) is 14.9 Å². The summed E-state index contributed by atoms with van der Waals surface area (Å²) in [5.74, 6) is 2.00. The number of hydrogen-bond donors (Lipinski definition) is 1. The monoisotopic (exact) mass is 596 g/mol. The van der Waals surface area contributed by atoms with Gasteiger partial charge in [-0.1, -0.05) is 88.6 Å². The van der Waals surface area contributed by atoms with Gasteiger partial charge in [-0.3, -0.25) is 9.36 Å². The number of Topliss-reactive ketones (excluding diaryl/α,β-unsaturated/α-hetero) is 1. The first-order valence-corrected chi connectivity index (χ1v) is 14.0. The van der Waals surface area contributed by atoms with Crippen molar-refractivity contribution in [2.75, 3.05) is 5.32 Å². The lowest BCUT2D eigenvalue weighted by molar-refractivity contribution is 0.0911. The Kier molecular flexibility index (Phi) is 6.58.